The summed E-state index contributed by atoms with van der Waals surface area (Å²) in [5.41, 5.74) is 3.43. The summed E-state index contributed by atoms with van der Waals surface area (Å²) in [7, 11) is 0. The van der Waals surface area contributed by atoms with Crippen LogP contribution in [0.15, 0.2) is 29.6 Å². The number of esters is 1. The van der Waals surface area contributed by atoms with Crippen LogP contribution in [0.5, 0.6) is 0 Å². The predicted molar refractivity (Wildman–Crippen MR) is 100 cm³/mol. The Morgan fingerprint density at radius 1 is 1.32 bits per heavy atom. The molecule has 0 amide bonds. The second-order valence-electron chi connectivity index (χ2n) is 6.59. The first-order valence-corrected chi connectivity index (χ1v) is 9.80. The molecule has 1 aliphatic rings. The number of quaternary nitrogens is 1. The number of anilines is 2. The Bertz CT molecular complexity index is 691. The van der Waals surface area contributed by atoms with Crippen molar-refractivity contribution in [1.82, 2.24) is 4.98 Å². The van der Waals surface area contributed by atoms with Gasteiger partial charge < -0.3 is 15.0 Å². The van der Waals surface area contributed by atoms with Crippen molar-refractivity contribution >= 4 is 28.1 Å². The van der Waals surface area contributed by atoms with E-state index in [0.29, 0.717) is 6.61 Å². The Balaban J connectivity index is 1.49. The Morgan fingerprint density at radius 2 is 2.04 bits per heavy atom. The van der Waals surface area contributed by atoms with Gasteiger partial charge >= 0.3 is 5.97 Å². The van der Waals surface area contributed by atoms with E-state index in [9.17, 15) is 4.79 Å². The van der Waals surface area contributed by atoms with E-state index in [1.807, 2.05) is 6.92 Å². The first kappa shape index (κ1) is 17.9. The van der Waals surface area contributed by atoms with Crippen LogP contribution >= 0.6 is 11.3 Å². The molecule has 0 saturated carbocycles. The van der Waals surface area contributed by atoms with Gasteiger partial charge in [0, 0.05) is 23.9 Å². The maximum Gasteiger partial charge on any atom is 0.309 e. The zero-order valence-electron chi connectivity index (χ0n) is 14.9. The molecular weight excluding hydrogens is 334 g/mol. The normalized spacial score (nSPS) is 20.2. The van der Waals surface area contributed by atoms with Crippen molar-refractivity contribution in [1.29, 1.82) is 0 Å². The Kier molecular flexibility index (Phi) is 6.04. The van der Waals surface area contributed by atoms with E-state index >= 15 is 0 Å². The highest BCUT2D eigenvalue weighted by Crippen LogP contribution is 2.21. The molecule has 1 aromatic heterocycles. The molecule has 3 rings (SSSR count). The maximum atomic E-state index is 11.8. The number of ether oxygens (including phenoxy) is 1. The molecule has 0 radical (unpaired) electrons. The van der Waals surface area contributed by atoms with Gasteiger partial charge in [0.05, 0.1) is 25.6 Å². The second kappa shape index (κ2) is 8.45. The van der Waals surface area contributed by atoms with Gasteiger partial charge in [-0.3, -0.25) is 4.79 Å². The van der Waals surface area contributed by atoms with Gasteiger partial charge in [0.2, 0.25) is 0 Å². The molecule has 5 nitrogen and oxygen atoms in total. The predicted octanol–water partition coefficient (Wildman–Crippen LogP) is 2.55. The summed E-state index contributed by atoms with van der Waals surface area (Å²) in [6.45, 7) is 7.34. The lowest BCUT2D eigenvalue weighted by molar-refractivity contribution is -0.919. The number of nitrogens with one attached hydrogen (secondary N) is 2. The molecule has 25 heavy (non-hydrogen) atoms. The number of thiazole rings is 1. The number of likely N-dealkylation sites (tertiary alicyclic amines) is 1. The van der Waals surface area contributed by atoms with Gasteiger partial charge in [0.25, 0.3) is 0 Å². The fourth-order valence-electron chi connectivity index (χ4n) is 3.16. The van der Waals surface area contributed by atoms with E-state index in [4.69, 9.17) is 9.72 Å². The molecule has 0 bridgehead atoms. The number of rotatable bonds is 6. The third-order valence-electron chi connectivity index (χ3n) is 4.60. The summed E-state index contributed by atoms with van der Waals surface area (Å²) < 4.78 is 5.13. The lowest BCUT2D eigenvalue weighted by Gasteiger charge is -2.27. The zero-order valence-corrected chi connectivity index (χ0v) is 15.7. The van der Waals surface area contributed by atoms with E-state index in [1.165, 1.54) is 10.5 Å². The van der Waals surface area contributed by atoms with Crippen LogP contribution in [0.3, 0.4) is 0 Å². The molecular formula is C19H26N3O2S+. The van der Waals surface area contributed by atoms with Crippen LogP contribution in [0.25, 0.3) is 0 Å². The largest absolute Gasteiger partial charge is 0.466 e. The zero-order chi connectivity index (χ0) is 17.6. The topological polar surface area (TPSA) is 55.7 Å². The number of carbonyl (C=O) groups excluding carboxylic acids is 1. The van der Waals surface area contributed by atoms with Crippen molar-refractivity contribution in [3.05, 3.63) is 40.9 Å². The molecule has 0 spiro atoms. The first-order chi connectivity index (χ1) is 12.1. The minimum atomic E-state index is -0.0280. The number of piperidine rings is 1. The van der Waals surface area contributed by atoms with E-state index < -0.39 is 0 Å². The minimum absolute atomic E-state index is 0.0280. The van der Waals surface area contributed by atoms with Crippen LogP contribution in [0.2, 0.25) is 0 Å². The average Bonchev–Trinajstić information content (AvgIpc) is 3.05. The Morgan fingerprint density at radius 3 is 2.72 bits per heavy atom. The Labute approximate surface area is 153 Å². The van der Waals surface area contributed by atoms with Gasteiger partial charge in [0.1, 0.15) is 12.2 Å². The summed E-state index contributed by atoms with van der Waals surface area (Å²) in [6.07, 6.45) is 1.82. The van der Waals surface area contributed by atoms with Crippen LogP contribution in [-0.2, 0) is 16.1 Å². The van der Waals surface area contributed by atoms with Gasteiger partial charge in [-0.2, -0.15) is 0 Å². The quantitative estimate of drug-likeness (QED) is 0.778. The molecule has 1 aliphatic heterocycles. The molecule has 0 unspecified atom stereocenters. The number of benzene rings is 1. The standard InChI is InChI=1S/C19H25N3O2S/c1-3-24-18(23)15-8-10-22(11-9-15)12-17-13-25-19(21-17)20-16-6-4-14(2)5-7-16/h4-7,13,15H,3,8-12H2,1-2H3,(H,20,21)/p+1. The van der Waals surface area contributed by atoms with Crippen molar-refractivity contribution in [2.45, 2.75) is 33.2 Å². The van der Waals surface area contributed by atoms with Gasteiger partial charge in [-0.05, 0) is 26.0 Å². The van der Waals surface area contributed by atoms with Gasteiger partial charge in [-0.25, -0.2) is 4.98 Å². The van der Waals surface area contributed by atoms with E-state index in [2.05, 4.69) is 41.9 Å². The highest BCUT2D eigenvalue weighted by molar-refractivity contribution is 7.13. The third kappa shape index (κ3) is 5.03. The lowest BCUT2D eigenvalue weighted by atomic mass is 9.97. The molecule has 2 heterocycles. The van der Waals surface area contributed by atoms with Crippen LogP contribution in [0.1, 0.15) is 31.0 Å². The number of hydrogen-bond acceptors (Lipinski definition) is 5. The number of aryl methyl sites for hydroxylation is 1. The summed E-state index contributed by atoms with van der Waals surface area (Å²) >= 11 is 1.64. The second-order valence-corrected chi connectivity index (χ2v) is 7.45. The average molecular weight is 361 g/mol. The van der Waals surface area contributed by atoms with E-state index in [-0.39, 0.29) is 11.9 Å². The van der Waals surface area contributed by atoms with Crippen molar-refractivity contribution in [2.24, 2.45) is 5.92 Å². The van der Waals surface area contributed by atoms with Crippen molar-refractivity contribution in [3.63, 3.8) is 0 Å². The maximum absolute atomic E-state index is 11.8. The van der Waals surface area contributed by atoms with Gasteiger partial charge in [0.15, 0.2) is 5.13 Å². The number of nitrogens with zero attached hydrogens (tertiary/aromatic N) is 1. The van der Waals surface area contributed by atoms with Crippen molar-refractivity contribution < 1.29 is 14.4 Å². The summed E-state index contributed by atoms with van der Waals surface area (Å²) in [6, 6.07) is 8.33. The fraction of sp³-hybridized carbons (Fsp3) is 0.474. The number of aromatic nitrogens is 1. The highest BCUT2D eigenvalue weighted by Gasteiger charge is 2.28. The van der Waals surface area contributed by atoms with Crippen molar-refractivity contribution in [2.75, 3.05) is 25.0 Å². The van der Waals surface area contributed by atoms with E-state index in [1.54, 1.807) is 11.3 Å². The lowest BCUT2D eigenvalue weighted by Crippen LogP contribution is -3.11. The van der Waals surface area contributed by atoms with Crippen molar-refractivity contribution in [3.8, 4) is 0 Å². The molecule has 134 valence electrons. The molecule has 2 aromatic rings. The summed E-state index contributed by atoms with van der Waals surface area (Å²) in [5, 5.41) is 6.42. The van der Waals surface area contributed by atoms with E-state index in [0.717, 1.165) is 49.0 Å². The van der Waals surface area contributed by atoms with Crippen LogP contribution < -0.4 is 10.2 Å². The monoisotopic (exact) mass is 360 g/mol. The van der Waals surface area contributed by atoms with Gasteiger partial charge in [-0.15, -0.1) is 11.3 Å². The fourth-order valence-corrected chi connectivity index (χ4v) is 3.89. The molecule has 1 saturated heterocycles. The van der Waals surface area contributed by atoms with Crippen LogP contribution in [0, 0.1) is 12.8 Å². The van der Waals surface area contributed by atoms with Crippen LogP contribution in [0.4, 0.5) is 10.8 Å². The molecule has 1 aromatic carbocycles. The third-order valence-corrected chi connectivity index (χ3v) is 5.40. The molecule has 2 N–H and O–H groups in total. The smallest absolute Gasteiger partial charge is 0.309 e. The SMILES string of the molecule is CCOC(=O)C1CC[NH+](Cc2csc(Nc3ccc(C)cc3)n2)CC1. The summed E-state index contributed by atoms with van der Waals surface area (Å²) in [5.74, 6) is 0.0534. The first-order valence-electron chi connectivity index (χ1n) is 8.92. The molecule has 1 fully saturated rings. The minimum Gasteiger partial charge on any atom is -0.466 e. The van der Waals surface area contributed by atoms with Crippen LogP contribution in [-0.4, -0.2) is 30.6 Å². The summed E-state index contributed by atoms with van der Waals surface area (Å²) in [4.78, 5) is 18.0. The number of hydrogen-bond donors (Lipinski definition) is 2. The highest BCUT2D eigenvalue weighted by atomic mass is 32.1. The molecule has 0 aliphatic carbocycles. The van der Waals surface area contributed by atoms with Gasteiger partial charge in [-0.1, -0.05) is 17.7 Å². The molecule has 6 heteroatoms. The Hall–Kier alpha value is -1.92. The molecule has 0 atom stereocenters. The number of carbonyl (C=O) groups is 1.